The summed E-state index contributed by atoms with van der Waals surface area (Å²) in [6.07, 6.45) is 1.33. The van der Waals surface area contributed by atoms with Crippen LogP contribution in [0.4, 0.5) is 5.82 Å². The van der Waals surface area contributed by atoms with Gasteiger partial charge in [-0.05, 0) is 4.73 Å². The molecule has 0 fully saturated rings. The molecule has 0 aliphatic heterocycles. The molecule has 0 radical (unpaired) electrons. The van der Waals surface area contributed by atoms with Crippen molar-refractivity contribution in [2.75, 3.05) is 0 Å². The summed E-state index contributed by atoms with van der Waals surface area (Å²) in [6.45, 7) is 0. The summed E-state index contributed by atoms with van der Waals surface area (Å²) in [4.78, 5) is 9.00. The van der Waals surface area contributed by atoms with E-state index in [2.05, 4.69) is 12.6 Å². The second kappa shape index (κ2) is 2.81. The SMILES string of the molecule is O=[N+]([O-])c1c(S)c[n+]([O-])c[n+]1[O-]. The van der Waals surface area contributed by atoms with Crippen LogP contribution in [-0.4, -0.2) is 4.92 Å². The second-order valence-corrected chi connectivity index (χ2v) is 2.38. The van der Waals surface area contributed by atoms with Crippen LogP contribution in [0.25, 0.3) is 0 Å². The predicted octanol–water partition coefficient (Wildman–Crippen LogP) is -0.850. The molecule has 0 spiro atoms. The van der Waals surface area contributed by atoms with E-state index in [-0.39, 0.29) is 14.4 Å². The molecule has 0 aliphatic carbocycles. The Labute approximate surface area is 71.6 Å². The van der Waals surface area contributed by atoms with Gasteiger partial charge in [-0.25, -0.2) is 0 Å². The highest BCUT2D eigenvalue weighted by molar-refractivity contribution is 7.80. The van der Waals surface area contributed by atoms with E-state index in [1.165, 1.54) is 0 Å². The van der Waals surface area contributed by atoms with Crippen molar-refractivity contribution in [3.8, 4) is 0 Å². The molecule has 8 heteroatoms. The third-order valence-electron chi connectivity index (χ3n) is 1.08. The molecule has 0 saturated heterocycles. The normalized spacial score (nSPS) is 9.75. The second-order valence-electron chi connectivity index (χ2n) is 1.90. The van der Waals surface area contributed by atoms with Gasteiger partial charge in [-0.3, -0.25) is 10.1 Å². The Morgan fingerprint density at radius 3 is 2.50 bits per heavy atom. The maximum absolute atomic E-state index is 10.7. The van der Waals surface area contributed by atoms with Crippen LogP contribution >= 0.6 is 12.6 Å². The van der Waals surface area contributed by atoms with Crippen LogP contribution < -0.4 is 9.46 Å². The molecular formula is C4H3N3O4S. The predicted molar refractivity (Wildman–Crippen MR) is 38.3 cm³/mol. The minimum absolute atomic E-state index is 0.141. The van der Waals surface area contributed by atoms with E-state index < -0.39 is 10.7 Å². The molecule has 1 aromatic heterocycles. The quantitative estimate of drug-likeness (QED) is 0.204. The van der Waals surface area contributed by atoms with Gasteiger partial charge < -0.3 is 10.4 Å². The Bertz CT molecular complexity index is 318. The summed E-state index contributed by atoms with van der Waals surface area (Å²) in [6, 6.07) is 0. The van der Waals surface area contributed by atoms with Gasteiger partial charge in [-0.15, -0.1) is 17.4 Å². The summed E-state index contributed by atoms with van der Waals surface area (Å²) in [7, 11) is 0. The molecule has 0 amide bonds. The van der Waals surface area contributed by atoms with E-state index in [0.717, 1.165) is 6.20 Å². The molecule has 12 heavy (non-hydrogen) atoms. The van der Waals surface area contributed by atoms with Crippen molar-refractivity contribution in [1.29, 1.82) is 0 Å². The number of rotatable bonds is 1. The molecule has 1 rings (SSSR count). The minimum atomic E-state index is -0.907. The average Bonchev–Trinajstić information content (AvgIpc) is 1.82. The van der Waals surface area contributed by atoms with Crippen molar-refractivity contribution in [2.24, 2.45) is 0 Å². The molecule has 1 heterocycles. The molecule has 1 aromatic rings. The van der Waals surface area contributed by atoms with Crippen molar-refractivity contribution >= 4 is 18.4 Å². The fourth-order valence-corrected chi connectivity index (χ4v) is 0.951. The van der Waals surface area contributed by atoms with E-state index in [1.54, 1.807) is 0 Å². The number of hydrogen-bond donors (Lipinski definition) is 1. The third kappa shape index (κ3) is 1.37. The fraction of sp³-hybridized carbons (Fsp3) is 0. The Balaban J connectivity index is 3.38. The Morgan fingerprint density at radius 1 is 1.50 bits per heavy atom. The topological polar surface area (TPSA) is 97.0 Å². The largest absolute Gasteiger partial charge is 0.614 e. The molecule has 0 bridgehead atoms. The van der Waals surface area contributed by atoms with E-state index in [9.17, 15) is 20.5 Å². The summed E-state index contributed by atoms with van der Waals surface area (Å²) in [5.41, 5.74) is 0. The standard InChI is InChI=1S/C4H3N3O4S/c8-5-1-3(12)4(7(10)11)6(9)2-5/h1-2,12H. The molecule has 64 valence electrons. The van der Waals surface area contributed by atoms with Crippen LogP contribution in [0.1, 0.15) is 0 Å². The zero-order valence-corrected chi connectivity index (χ0v) is 6.47. The molecule has 0 aliphatic rings. The van der Waals surface area contributed by atoms with Gasteiger partial charge in [0.15, 0.2) is 0 Å². The highest BCUT2D eigenvalue weighted by Crippen LogP contribution is 2.13. The van der Waals surface area contributed by atoms with Crippen molar-refractivity contribution in [3.05, 3.63) is 33.1 Å². The lowest BCUT2D eigenvalue weighted by molar-refractivity contribution is -0.769. The molecule has 0 saturated carbocycles. The monoisotopic (exact) mass is 189 g/mol. The van der Waals surface area contributed by atoms with Gasteiger partial charge >= 0.3 is 12.1 Å². The molecule has 0 atom stereocenters. The molecule has 0 aromatic carbocycles. The van der Waals surface area contributed by atoms with Gasteiger partial charge in [0.05, 0.1) is 0 Å². The Kier molecular flexibility index (Phi) is 2.00. The van der Waals surface area contributed by atoms with E-state index in [0.29, 0.717) is 6.33 Å². The van der Waals surface area contributed by atoms with Gasteiger partial charge in [0.25, 0.3) is 0 Å². The number of hydrogen-bond acceptors (Lipinski definition) is 5. The van der Waals surface area contributed by atoms with Gasteiger partial charge in [-0.2, -0.15) is 0 Å². The zero-order chi connectivity index (χ0) is 9.30. The Morgan fingerprint density at radius 2 is 2.08 bits per heavy atom. The number of thiol groups is 1. The van der Waals surface area contributed by atoms with E-state index >= 15 is 0 Å². The third-order valence-corrected chi connectivity index (χ3v) is 1.39. The van der Waals surface area contributed by atoms with Crippen molar-refractivity contribution in [2.45, 2.75) is 4.90 Å². The lowest BCUT2D eigenvalue weighted by Crippen LogP contribution is -2.42. The van der Waals surface area contributed by atoms with Gasteiger partial charge in [-0.1, -0.05) is 0 Å². The maximum Gasteiger partial charge on any atom is 0.537 e. The molecule has 0 unspecified atom stereocenters. The number of nitrogens with zero attached hydrogens (tertiary/aromatic N) is 3. The van der Waals surface area contributed by atoms with Crippen LogP contribution in [0.5, 0.6) is 0 Å². The van der Waals surface area contributed by atoms with E-state index in [1.807, 2.05) is 0 Å². The minimum Gasteiger partial charge on any atom is -0.614 e. The summed E-state index contributed by atoms with van der Waals surface area (Å²) in [5.74, 6) is -0.759. The highest BCUT2D eigenvalue weighted by atomic mass is 32.1. The highest BCUT2D eigenvalue weighted by Gasteiger charge is 2.26. The van der Waals surface area contributed by atoms with Gasteiger partial charge in [0.1, 0.15) is 4.92 Å². The molecule has 0 N–H and O–H groups in total. The summed E-state index contributed by atoms with van der Waals surface area (Å²) in [5, 5.41) is 31.4. The fourth-order valence-electron chi connectivity index (χ4n) is 0.657. The first kappa shape index (κ1) is 8.53. The summed E-state index contributed by atoms with van der Waals surface area (Å²) >= 11 is 3.59. The van der Waals surface area contributed by atoms with Crippen LogP contribution in [0.3, 0.4) is 0 Å². The smallest absolute Gasteiger partial charge is 0.537 e. The first-order valence-electron chi connectivity index (χ1n) is 2.71. The first-order valence-corrected chi connectivity index (χ1v) is 3.16. The van der Waals surface area contributed by atoms with Gasteiger partial charge in [0.2, 0.25) is 11.1 Å². The zero-order valence-electron chi connectivity index (χ0n) is 5.58. The van der Waals surface area contributed by atoms with Crippen molar-refractivity contribution < 1.29 is 14.4 Å². The van der Waals surface area contributed by atoms with Crippen LogP contribution in [0.15, 0.2) is 17.4 Å². The van der Waals surface area contributed by atoms with Crippen molar-refractivity contribution in [3.63, 3.8) is 0 Å². The molecule has 7 nitrogen and oxygen atoms in total. The number of nitro groups is 1. The van der Waals surface area contributed by atoms with Crippen LogP contribution in [-0.2, 0) is 0 Å². The van der Waals surface area contributed by atoms with Gasteiger partial charge in [0, 0.05) is 0 Å². The maximum atomic E-state index is 10.7. The van der Waals surface area contributed by atoms with Crippen LogP contribution in [0, 0.1) is 20.5 Å². The first-order chi connectivity index (χ1) is 5.52. The molecular weight excluding hydrogens is 186 g/mol. The van der Waals surface area contributed by atoms with Crippen LogP contribution in [0.2, 0.25) is 0 Å². The Hall–Kier alpha value is -1.57. The summed E-state index contributed by atoms with van der Waals surface area (Å²) < 4.78 is -0.00231. The lowest BCUT2D eigenvalue weighted by atomic mass is 10.6. The lowest BCUT2D eigenvalue weighted by Gasteiger charge is -1.97. The van der Waals surface area contributed by atoms with Crippen molar-refractivity contribution in [1.82, 2.24) is 0 Å². The average molecular weight is 189 g/mol. The van der Waals surface area contributed by atoms with E-state index in [4.69, 9.17) is 0 Å². The number of aromatic nitrogens is 2.